The zero-order valence-corrected chi connectivity index (χ0v) is 20.2. The van der Waals surface area contributed by atoms with Crippen LogP contribution in [-0.4, -0.2) is 26.3 Å². The number of hydrogen-bond acceptors (Lipinski definition) is 6. The highest BCUT2D eigenvalue weighted by molar-refractivity contribution is 8.76. The minimum Gasteiger partial charge on any atom is -0.223 e. The maximum absolute atomic E-state index is 12.9. The van der Waals surface area contributed by atoms with Gasteiger partial charge in [-0.05, 0) is 65.8 Å². The Bertz CT molecular complexity index is 970. The third kappa shape index (κ3) is 4.61. The van der Waals surface area contributed by atoms with E-state index in [1.165, 1.54) is 21.6 Å². The lowest BCUT2D eigenvalue weighted by Crippen LogP contribution is -2.28. The van der Waals surface area contributed by atoms with Crippen molar-refractivity contribution in [2.75, 3.05) is 0 Å². The fourth-order valence-corrected chi connectivity index (χ4v) is 8.12. The molecule has 0 aliphatic heterocycles. The van der Waals surface area contributed by atoms with Gasteiger partial charge in [-0.1, -0.05) is 45.9 Å². The summed E-state index contributed by atoms with van der Waals surface area (Å²) in [5.74, 6) is 0. The van der Waals surface area contributed by atoms with Crippen LogP contribution in [0.4, 0.5) is 0 Å². The average Bonchev–Trinajstić information content (AvgIpc) is 2.58. The molecule has 0 aliphatic carbocycles. The van der Waals surface area contributed by atoms with E-state index in [4.69, 9.17) is 0 Å². The van der Waals surface area contributed by atoms with Gasteiger partial charge in [-0.15, -0.1) is 0 Å². The van der Waals surface area contributed by atoms with Crippen LogP contribution in [0.1, 0.15) is 41.5 Å². The van der Waals surface area contributed by atoms with E-state index in [2.05, 4.69) is 0 Å². The van der Waals surface area contributed by atoms with Gasteiger partial charge in [0.2, 0.25) is 0 Å². The Kier molecular flexibility index (Phi) is 6.70. The molecule has 2 aromatic carbocycles. The van der Waals surface area contributed by atoms with Crippen LogP contribution in [0.2, 0.25) is 0 Å². The first-order chi connectivity index (χ1) is 12.7. The van der Waals surface area contributed by atoms with Crippen molar-refractivity contribution < 1.29 is 16.8 Å². The molecule has 8 heteroatoms. The SMILES string of the molecule is CC(C)(C)S(=O)(=O)c1ccccc1SSc1ccccc1S(=O)(=O)C(C)(C)C. The number of rotatable bonds is 5. The summed E-state index contributed by atoms with van der Waals surface area (Å²) in [7, 11) is -4.54. The van der Waals surface area contributed by atoms with E-state index in [0.717, 1.165) is 0 Å². The molecule has 0 saturated heterocycles. The maximum Gasteiger partial charge on any atom is 0.184 e. The van der Waals surface area contributed by atoms with Crippen LogP contribution in [0.25, 0.3) is 0 Å². The van der Waals surface area contributed by atoms with E-state index in [-0.39, 0.29) is 9.79 Å². The molecule has 0 unspecified atom stereocenters. The van der Waals surface area contributed by atoms with Gasteiger partial charge in [-0.3, -0.25) is 0 Å². The Balaban J connectivity index is 2.44. The van der Waals surface area contributed by atoms with Crippen LogP contribution < -0.4 is 0 Å². The molecule has 0 saturated carbocycles. The van der Waals surface area contributed by atoms with Gasteiger partial charge < -0.3 is 0 Å². The van der Waals surface area contributed by atoms with Gasteiger partial charge in [0, 0.05) is 9.79 Å². The van der Waals surface area contributed by atoms with Gasteiger partial charge in [0.05, 0.1) is 19.3 Å². The highest BCUT2D eigenvalue weighted by atomic mass is 33.1. The number of benzene rings is 2. The molecular formula is C20H26O4S4. The summed E-state index contributed by atoms with van der Waals surface area (Å²) in [6.07, 6.45) is 0. The van der Waals surface area contributed by atoms with Crippen molar-refractivity contribution in [2.45, 2.75) is 70.6 Å². The summed E-state index contributed by atoms with van der Waals surface area (Å²) in [4.78, 5) is 1.70. The number of hydrogen-bond donors (Lipinski definition) is 0. The molecule has 0 amide bonds. The van der Waals surface area contributed by atoms with Crippen LogP contribution in [-0.2, 0) is 19.7 Å². The van der Waals surface area contributed by atoms with Crippen molar-refractivity contribution in [2.24, 2.45) is 0 Å². The van der Waals surface area contributed by atoms with Gasteiger partial charge in [0.25, 0.3) is 0 Å². The second-order valence-electron chi connectivity index (χ2n) is 8.29. The zero-order valence-electron chi connectivity index (χ0n) is 16.9. The van der Waals surface area contributed by atoms with E-state index in [1.54, 1.807) is 90.1 Å². The van der Waals surface area contributed by atoms with Crippen molar-refractivity contribution >= 4 is 41.3 Å². The maximum atomic E-state index is 12.9. The molecule has 0 heterocycles. The first-order valence-electron chi connectivity index (χ1n) is 8.71. The molecule has 0 fully saturated rings. The van der Waals surface area contributed by atoms with Crippen molar-refractivity contribution in [1.82, 2.24) is 0 Å². The van der Waals surface area contributed by atoms with Crippen molar-refractivity contribution in [3.63, 3.8) is 0 Å². The molecule has 0 atom stereocenters. The number of sulfone groups is 2. The summed E-state index contributed by atoms with van der Waals surface area (Å²) in [5, 5.41) is 0. The monoisotopic (exact) mass is 458 g/mol. The Labute approximate surface area is 176 Å². The molecule has 0 N–H and O–H groups in total. The first-order valence-corrected chi connectivity index (χ1v) is 13.8. The summed E-state index contributed by atoms with van der Waals surface area (Å²) in [6.45, 7) is 10.0. The van der Waals surface area contributed by atoms with E-state index < -0.39 is 29.2 Å². The largest absolute Gasteiger partial charge is 0.223 e. The van der Waals surface area contributed by atoms with Crippen LogP contribution in [0, 0.1) is 0 Å². The second kappa shape index (κ2) is 8.05. The topological polar surface area (TPSA) is 68.3 Å². The lowest BCUT2D eigenvalue weighted by Gasteiger charge is -2.22. The molecule has 2 aromatic rings. The Morgan fingerprint density at radius 3 is 1.14 bits per heavy atom. The van der Waals surface area contributed by atoms with E-state index in [0.29, 0.717) is 9.79 Å². The van der Waals surface area contributed by atoms with Crippen molar-refractivity contribution in [1.29, 1.82) is 0 Å². The van der Waals surface area contributed by atoms with E-state index in [1.807, 2.05) is 0 Å². The third-order valence-electron chi connectivity index (χ3n) is 4.11. The van der Waals surface area contributed by atoms with Gasteiger partial charge >= 0.3 is 0 Å². The lowest BCUT2D eigenvalue weighted by atomic mass is 10.3. The molecule has 28 heavy (non-hydrogen) atoms. The lowest BCUT2D eigenvalue weighted by molar-refractivity contribution is 0.557. The quantitative estimate of drug-likeness (QED) is 0.541. The third-order valence-corrected chi connectivity index (χ3v) is 11.9. The van der Waals surface area contributed by atoms with Crippen molar-refractivity contribution in [3.05, 3.63) is 48.5 Å². The Hall–Kier alpha value is -0.960. The standard InChI is InChI=1S/C20H26O4S4/c1-19(2,3)27(21,22)17-13-9-7-11-15(17)25-26-16-12-8-10-14-18(16)28(23,24)20(4,5)6/h7-14H,1-6H3. The molecule has 0 aliphatic rings. The summed E-state index contributed by atoms with van der Waals surface area (Å²) < 4.78 is 49.8. The predicted octanol–water partition coefficient (Wildman–Crippen LogP) is 5.63. The molecule has 0 spiro atoms. The highest BCUT2D eigenvalue weighted by Crippen LogP contribution is 2.45. The summed E-state index contributed by atoms with van der Waals surface area (Å²) >= 11 is 0. The molecule has 0 bridgehead atoms. The summed E-state index contributed by atoms with van der Waals surface area (Å²) in [5.41, 5.74) is 0. The average molecular weight is 459 g/mol. The highest BCUT2D eigenvalue weighted by Gasteiger charge is 2.34. The molecule has 0 aromatic heterocycles. The zero-order chi connectivity index (χ0) is 21.4. The van der Waals surface area contributed by atoms with E-state index in [9.17, 15) is 16.8 Å². The van der Waals surface area contributed by atoms with Crippen molar-refractivity contribution in [3.8, 4) is 0 Å². The molecule has 2 rings (SSSR count). The summed E-state index contributed by atoms with van der Waals surface area (Å²) in [6, 6.07) is 13.7. The Morgan fingerprint density at radius 2 is 0.857 bits per heavy atom. The first kappa shape index (κ1) is 23.3. The van der Waals surface area contributed by atoms with Crippen LogP contribution in [0.15, 0.2) is 68.1 Å². The molecular weight excluding hydrogens is 432 g/mol. The second-order valence-corrected chi connectivity index (χ2v) is 15.8. The van der Waals surface area contributed by atoms with Gasteiger partial charge in [-0.2, -0.15) is 0 Å². The Morgan fingerprint density at radius 1 is 0.571 bits per heavy atom. The molecule has 0 radical (unpaired) electrons. The fourth-order valence-electron chi connectivity index (χ4n) is 2.23. The minimum absolute atomic E-state index is 0.260. The fraction of sp³-hybridized carbons (Fsp3) is 0.400. The van der Waals surface area contributed by atoms with Gasteiger partial charge in [0.1, 0.15) is 0 Å². The van der Waals surface area contributed by atoms with Crippen LogP contribution in [0.5, 0.6) is 0 Å². The minimum atomic E-state index is -3.53. The van der Waals surface area contributed by atoms with Gasteiger partial charge in [-0.25, -0.2) is 16.8 Å². The normalized spacial score (nSPS) is 13.5. The smallest absolute Gasteiger partial charge is 0.184 e. The predicted molar refractivity (Wildman–Crippen MR) is 118 cm³/mol. The molecule has 154 valence electrons. The van der Waals surface area contributed by atoms with Gasteiger partial charge in [0.15, 0.2) is 19.7 Å². The van der Waals surface area contributed by atoms with E-state index >= 15 is 0 Å². The molecule has 4 nitrogen and oxygen atoms in total. The van der Waals surface area contributed by atoms with Crippen LogP contribution >= 0.6 is 21.6 Å². The van der Waals surface area contributed by atoms with Crippen LogP contribution in [0.3, 0.4) is 0 Å².